The van der Waals surface area contributed by atoms with Gasteiger partial charge in [0.15, 0.2) is 5.16 Å². The van der Waals surface area contributed by atoms with Crippen molar-refractivity contribution in [2.75, 3.05) is 18.6 Å². The summed E-state index contributed by atoms with van der Waals surface area (Å²) in [5.41, 5.74) is 0.865. The monoisotopic (exact) mass is 262 g/mol. The molecule has 5 nitrogen and oxygen atoms in total. The maximum Gasteiger partial charge on any atom is 0.264 e. The number of nitrogens with zero attached hydrogens (tertiary/aromatic N) is 2. The van der Waals surface area contributed by atoms with Gasteiger partial charge < -0.3 is 0 Å². The molecule has 0 aromatic carbocycles. The lowest BCUT2D eigenvalue weighted by atomic mass is 10.3. The molecule has 1 rings (SSSR count). The molecule has 90 valence electrons. The summed E-state index contributed by atoms with van der Waals surface area (Å²) in [6.45, 7) is 2.16. The van der Waals surface area contributed by atoms with Crippen LogP contribution in [0.3, 0.4) is 0 Å². The van der Waals surface area contributed by atoms with E-state index >= 15 is 0 Å². The van der Waals surface area contributed by atoms with Crippen LogP contribution in [0.2, 0.25) is 0 Å². The first-order chi connectivity index (χ1) is 7.51. The predicted molar refractivity (Wildman–Crippen MR) is 62.9 cm³/mol. The van der Waals surface area contributed by atoms with Crippen LogP contribution in [0.25, 0.3) is 0 Å². The van der Waals surface area contributed by atoms with Crippen molar-refractivity contribution in [3.63, 3.8) is 0 Å². The maximum absolute atomic E-state index is 10.7. The first-order valence-corrected chi connectivity index (χ1v) is 7.59. The largest absolute Gasteiger partial charge is 0.270 e. The van der Waals surface area contributed by atoms with Crippen molar-refractivity contribution in [1.29, 1.82) is 0 Å². The lowest BCUT2D eigenvalue weighted by molar-refractivity contribution is 0.325. The molecule has 0 amide bonds. The van der Waals surface area contributed by atoms with Crippen molar-refractivity contribution in [3.05, 3.63) is 18.0 Å². The molecule has 0 N–H and O–H groups in total. The Balaban J connectivity index is 2.43. The van der Waals surface area contributed by atoms with Gasteiger partial charge in [-0.1, -0.05) is 18.7 Å². The van der Waals surface area contributed by atoms with Gasteiger partial charge in [-0.05, 0) is 11.3 Å². The number of aromatic nitrogens is 2. The Morgan fingerprint density at radius 3 is 2.50 bits per heavy atom. The van der Waals surface area contributed by atoms with E-state index in [0.29, 0.717) is 6.42 Å². The third kappa shape index (κ3) is 5.43. The normalized spacial score (nSPS) is 11.6. The van der Waals surface area contributed by atoms with Gasteiger partial charge in [-0.25, -0.2) is 9.97 Å². The first kappa shape index (κ1) is 13.4. The lowest BCUT2D eigenvalue weighted by Gasteiger charge is -2.02. The molecule has 7 heteroatoms. The first-order valence-electron chi connectivity index (χ1n) is 4.79. The molecule has 1 heterocycles. The quantitative estimate of drug-likeness (QED) is 0.434. The van der Waals surface area contributed by atoms with E-state index in [-0.39, 0.29) is 6.61 Å². The smallest absolute Gasteiger partial charge is 0.264 e. The van der Waals surface area contributed by atoms with E-state index in [1.54, 1.807) is 24.2 Å². The number of hydrogen-bond acceptors (Lipinski definition) is 6. The van der Waals surface area contributed by atoms with Crippen molar-refractivity contribution in [2.24, 2.45) is 0 Å². The minimum Gasteiger partial charge on any atom is -0.270 e. The fourth-order valence-corrected chi connectivity index (χ4v) is 1.89. The van der Waals surface area contributed by atoms with Gasteiger partial charge in [-0.3, -0.25) is 4.18 Å². The highest BCUT2D eigenvalue weighted by molar-refractivity contribution is 7.99. The molecule has 0 saturated heterocycles. The van der Waals surface area contributed by atoms with E-state index in [2.05, 4.69) is 14.2 Å². The summed E-state index contributed by atoms with van der Waals surface area (Å²) in [7, 11) is -3.36. The molecule has 0 saturated carbocycles. The van der Waals surface area contributed by atoms with Gasteiger partial charge in [0.25, 0.3) is 10.1 Å². The Morgan fingerprint density at radius 2 is 2.00 bits per heavy atom. The van der Waals surface area contributed by atoms with Crippen LogP contribution in [0.5, 0.6) is 0 Å². The van der Waals surface area contributed by atoms with Crippen molar-refractivity contribution in [1.82, 2.24) is 9.97 Å². The van der Waals surface area contributed by atoms with Gasteiger partial charge in [-0.15, -0.1) is 0 Å². The van der Waals surface area contributed by atoms with E-state index in [1.165, 1.54) is 0 Å². The SMILES string of the molecule is CCSc1ncc(CCOS(C)(=O)=O)cn1. The molecule has 16 heavy (non-hydrogen) atoms. The zero-order valence-electron chi connectivity index (χ0n) is 9.21. The van der Waals surface area contributed by atoms with Crippen molar-refractivity contribution in [2.45, 2.75) is 18.5 Å². The molecule has 0 atom stereocenters. The highest BCUT2D eigenvalue weighted by atomic mass is 32.2. The molecule has 0 unspecified atom stereocenters. The average Bonchev–Trinajstić information content (AvgIpc) is 2.19. The summed E-state index contributed by atoms with van der Waals surface area (Å²) in [5, 5.41) is 0.732. The fraction of sp³-hybridized carbons (Fsp3) is 0.556. The highest BCUT2D eigenvalue weighted by Crippen LogP contribution is 2.11. The van der Waals surface area contributed by atoms with E-state index in [0.717, 1.165) is 22.7 Å². The molecule has 1 aromatic heterocycles. The van der Waals surface area contributed by atoms with E-state index in [4.69, 9.17) is 0 Å². The van der Waals surface area contributed by atoms with Gasteiger partial charge in [0.1, 0.15) is 0 Å². The van der Waals surface area contributed by atoms with E-state index < -0.39 is 10.1 Å². The Labute approximate surface area is 99.8 Å². The van der Waals surface area contributed by atoms with Crippen molar-refractivity contribution < 1.29 is 12.6 Å². The molecular weight excluding hydrogens is 248 g/mol. The summed E-state index contributed by atoms with van der Waals surface area (Å²) in [6.07, 6.45) is 4.90. The van der Waals surface area contributed by atoms with Crippen molar-refractivity contribution in [3.8, 4) is 0 Å². The van der Waals surface area contributed by atoms with E-state index in [1.807, 2.05) is 6.92 Å². The minimum absolute atomic E-state index is 0.127. The molecule has 1 aromatic rings. The van der Waals surface area contributed by atoms with Crippen LogP contribution in [-0.2, 0) is 20.7 Å². The number of thioether (sulfide) groups is 1. The maximum atomic E-state index is 10.7. The van der Waals surface area contributed by atoms with E-state index in [9.17, 15) is 8.42 Å². The second-order valence-corrected chi connectivity index (χ2v) is 5.96. The standard InChI is InChI=1S/C9H14N2O3S2/c1-3-15-9-10-6-8(7-11-9)4-5-14-16(2,12)13/h6-7H,3-5H2,1-2H3. The Bertz CT molecular complexity index is 417. The molecule has 0 aliphatic rings. The van der Waals surface area contributed by atoms with Gasteiger partial charge in [0.2, 0.25) is 0 Å². The van der Waals surface area contributed by atoms with Gasteiger partial charge in [0.05, 0.1) is 12.9 Å². The van der Waals surface area contributed by atoms with Crippen LogP contribution < -0.4 is 0 Å². The number of hydrogen-bond donors (Lipinski definition) is 0. The van der Waals surface area contributed by atoms with Gasteiger partial charge in [0, 0.05) is 18.8 Å². The topological polar surface area (TPSA) is 69.2 Å². The highest BCUT2D eigenvalue weighted by Gasteiger charge is 2.02. The second kappa shape index (κ2) is 6.17. The molecule has 0 radical (unpaired) electrons. The van der Waals surface area contributed by atoms with Crippen LogP contribution in [0.4, 0.5) is 0 Å². The summed E-state index contributed by atoms with van der Waals surface area (Å²) in [6, 6.07) is 0. The fourth-order valence-electron chi connectivity index (χ4n) is 0.987. The van der Waals surface area contributed by atoms with Crippen molar-refractivity contribution >= 4 is 21.9 Å². The lowest BCUT2D eigenvalue weighted by Crippen LogP contribution is -2.06. The average molecular weight is 262 g/mol. The zero-order chi connectivity index (χ0) is 12.0. The third-order valence-corrected chi connectivity index (χ3v) is 3.00. The van der Waals surface area contributed by atoms with Gasteiger partial charge in [-0.2, -0.15) is 8.42 Å². The molecule has 0 fully saturated rings. The summed E-state index contributed by atoms with van der Waals surface area (Å²) in [4.78, 5) is 8.26. The number of rotatable bonds is 6. The summed E-state index contributed by atoms with van der Waals surface area (Å²) >= 11 is 1.56. The minimum atomic E-state index is -3.36. The van der Waals surface area contributed by atoms with Crippen LogP contribution >= 0.6 is 11.8 Å². The predicted octanol–water partition coefficient (Wildman–Crippen LogP) is 1.11. The Kier molecular flexibility index (Phi) is 5.17. The van der Waals surface area contributed by atoms with Gasteiger partial charge >= 0.3 is 0 Å². The zero-order valence-corrected chi connectivity index (χ0v) is 10.8. The Hall–Kier alpha value is -0.660. The third-order valence-electron chi connectivity index (χ3n) is 1.64. The molecule has 0 aliphatic heterocycles. The molecule has 0 bridgehead atoms. The Morgan fingerprint density at radius 1 is 1.38 bits per heavy atom. The molecule has 0 spiro atoms. The van der Waals surface area contributed by atoms with Crippen LogP contribution in [0, 0.1) is 0 Å². The summed E-state index contributed by atoms with van der Waals surface area (Å²) in [5.74, 6) is 0.927. The molecule has 0 aliphatic carbocycles. The second-order valence-electron chi connectivity index (χ2n) is 3.08. The summed E-state index contributed by atoms with van der Waals surface area (Å²) < 4.78 is 26.0. The molecular formula is C9H14N2O3S2. The van der Waals surface area contributed by atoms with Crippen LogP contribution in [0.15, 0.2) is 17.6 Å². The van der Waals surface area contributed by atoms with Crippen LogP contribution in [0.1, 0.15) is 12.5 Å². The van der Waals surface area contributed by atoms with Crippen LogP contribution in [-0.4, -0.2) is 37.0 Å².